The molecular weight excluding hydrogens is 302 g/mol. The van der Waals surface area contributed by atoms with Crippen molar-refractivity contribution in [2.45, 2.75) is 46.2 Å². The van der Waals surface area contributed by atoms with Gasteiger partial charge in [0.2, 0.25) is 5.91 Å². The molecular formula is C15H21N3O3S. The molecule has 0 aliphatic carbocycles. The van der Waals surface area contributed by atoms with Crippen LogP contribution in [0.4, 0.5) is 0 Å². The summed E-state index contributed by atoms with van der Waals surface area (Å²) >= 11 is 1.51. The van der Waals surface area contributed by atoms with Gasteiger partial charge in [0.15, 0.2) is 0 Å². The Morgan fingerprint density at radius 3 is 2.91 bits per heavy atom. The number of aryl methyl sites for hydroxylation is 3. The van der Waals surface area contributed by atoms with Crippen molar-refractivity contribution in [3.63, 3.8) is 0 Å². The lowest BCUT2D eigenvalue weighted by Gasteiger charge is -2.12. The molecule has 0 radical (unpaired) electrons. The average molecular weight is 323 g/mol. The zero-order chi connectivity index (χ0) is 16.3. The molecule has 0 spiro atoms. The SMILES string of the molecule is Cc1sc2ncn(CCC(=O)N[C@H](C)CCO)c(=O)c2c1C. The number of carbonyl (C=O) groups excluding carboxylic acids is 1. The Kier molecular flexibility index (Phi) is 5.31. The molecule has 0 bridgehead atoms. The monoisotopic (exact) mass is 323 g/mol. The normalized spacial score (nSPS) is 12.5. The molecule has 0 unspecified atom stereocenters. The molecule has 0 saturated heterocycles. The highest BCUT2D eigenvalue weighted by Gasteiger charge is 2.13. The van der Waals surface area contributed by atoms with Gasteiger partial charge in [-0.15, -0.1) is 11.3 Å². The lowest BCUT2D eigenvalue weighted by atomic mass is 10.2. The summed E-state index contributed by atoms with van der Waals surface area (Å²) < 4.78 is 1.48. The lowest BCUT2D eigenvalue weighted by Crippen LogP contribution is -2.34. The summed E-state index contributed by atoms with van der Waals surface area (Å²) in [5, 5.41) is 12.3. The molecule has 2 aromatic heterocycles. The fourth-order valence-corrected chi connectivity index (χ4v) is 3.25. The predicted molar refractivity (Wildman–Crippen MR) is 87.3 cm³/mol. The summed E-state index contributed by atoms with van der Waals surface area (Å²) in [5.41, 5.74) is 0.871. The molecule has 0 saturated carbocycles. The van der Waals surface area contributed by atoms with Gasteiger partial charge < -0.3 is 10.4 Å². The van der Waals surface area contributed by atoms with E-state index in [0.29, 0.717) is 18.4 Å². The van der Waals surface area contributed by atoms with Crippen LogP contribution in [0.3, 0.4) is 0 Å². The van der Waals surface area contributed by atoms with E-state index in [9.17, 15) is 9.59 Å². The highest BCUT2D eigenvalue weighted by Crippen LogP contribution is 2.25. The third-order valence-corrected chi connectivity index (χ3v) is 4.82. The quantitative estimate of drug-likeness (QED) is 0.840. The summed E-state index contributed by atoms with van der Waals surface area (Å²) in [7, 11) is 0. The number of fused-ring (bicyclic) bond motifs is 1. The van der Waals surface area contributed by atoms with Crippen LogP contribution < -0.4 is 10.9 Å². The molecule has 1 atom stereocenters. The van der Waals surface area contributed by atoms with Gasteiger partial charge in [-0.3, -0.25) is 14.2 Å². The van der Waals surface area contributed by atoms with Crippen molar-refractivity contribution in [3.8, 4) is 0 Å². The minimum absolute atomic E-state index is 0.0400. The second kappa shape index (κ2) is 7.02. The number of nitrogens with one attached hydrogen (secondary N) is 1. The first kappa shape index (κ1) is 16.6. The molecule has 0 aromatic carbocycles. The first-order valence-corrected chi connectivity index (χ1v) is 8.11. The number of carbonyl (C=O) groups is 1. The standard InChI is InChI=1S/C15H21N3O3S/c1-9(5-7-19)17-12(20)4-6-18-8-16-14-13(15(18)21)10(2)11(3)22-14/h8-9,19H,4-7H2,1-3H3,(H,17,20)/t9-/m1/s1. The number of nitrogens with zero attached hydrogens (tertiary/aromatic N) is 2. The average Bonchev–Trinajstić information content (AvgIpc) is 2.74. The molecule has 7 heteroatoms. The second-order valence-electron chi connectivity index (χ2n) is 5.44. The van der Waals surface area contributed by atoms with Gasteiger partial charge in [-0.2, -0.15) is 0 Å². The van der Waals surface area contributed by atoms with E-state index in [1.807, 2.05) is 20.8 Å². The lowest BCUT2D eigenvalue weighted by molar-refractivity contribution is -0.122. The van der Waals surface area contributed by atoms with E-state index in [0.717, 1.165) is 15.3 Å². The van der Waals surface area contributed by atoms with Crippen LogP contribution in [0.2, 0.25) is 0 Å². The van der Waals surface area contributed by atoms with E-state index >= 15 is 0 Å². The van der Waals surface area contributed by atoms with Crippen LogP contribution in [0.1, 0.15) is 30.2 Å². The highest BCUT2D eigenvalue weighted by atomic mass is 32.1. The fraction of sp³-hybridized carbons (Fsp3) is 0.533. The molecule has 22 heavy (non-hydrogen) atoms. The maximum atomic E-state index is 12.5. The number of hydrogen-bond donors (Lipinski definition) is 2. The molecule has 120 valence electrons. The molecule has 6 nitrogen and oxygen atoms in total. The predicted octanol–water partition coefficient (Wildman–Crippen LogP) is 1.35. The van der Waals surface area contributed by atoms with Gasteiger partial charge in [-0.1, -0.05) is 0 Å². The fourth-order valence-electron chi connectivity index (χ4n) is 2.26. The number of aliphatic hydroxyl groups is 1. The molecule has 2 rings (SSSR count). The van der Waals surface area contributed by atoms with Crippen LogP contribution in [0.25, 0.3) is 10.2 Å². The van der Waals surface area contributed by atoms with Crippen LogP contribution in [-0.2, 0) is 11.3 Å². The molecule has 0 fully saturated rings. The van der Waals surface area contributed by atoms with E-state index in [4.69, 9.17) is 5.11 Å². The van der Waals surface area contributed by atoms with E-state index < -0.39 is 0 Å². The Balaban J connectivity index is 2.09. The maximum Gasteiger partial charge on any atom is 0.262 e. The highest BCUT2D eigenvalue weighted by molar-refractivity contribution is 7.18. The largest absolute Gasteiger partial charge is 0.396 e. The van der Waals surface area contributed by atoms with Crippen molar-refractivity contribution in [1.82, 2.24) is 14.9 Å². The van der Waals surface area contributed by atoms with Crippen molar-refractivity contribution in [2.24, 2.45) is 0 Å². The van der Waals surface area contributed by atoms with Gasteiger partial charge in [0, 0.05) is 30.5 Å². The van der Waals surface area contributed by atoms with Crippen LogP contribution in [0.15, 0.2) is 11.1 Å². The van der Waals surface area contributed by atoms with Crippen LogP contribution >= 0.6 is 11.3 Å². The zero-order valence-electron chi connectivity index (χ0n) is 13.0. The smallest absolute Gasteiger partial charge is 0.262 e. The minimum atomic E-state index is -0.133. The summed E-state index contributed by atoms with van der Waals surface area (Å²) in [6.07, 6.45) is 2.24. The van der Waals surface area contributed by atoms with Crippen molar-refractivity contribution in [2.75, 3.05) is 6.61 Å². The van der Waals surface area contributed by atoms with Gasteiger partial charge >= 0.3 is 0 Å². The second-order valence-corrected chi connectivity index (χ2v) is 6.64. The first-order valence-electron chi connectivity index (χ1n) is 7.29. The Labute approximate surface area is 132 Å². The first-order chi connectivity index (χ1) is 10.4. The Bertz CT molecular complexity index is 735. The molecule has 2 heterocycles. The third-order valence-electron chi connectivity index (χ3n) is 3.71. The van der Waals surface area contributed by atoms with Crippen LogP contribution in [0.5, 0.6) is 0 Å². The Morgan fingerprint density at radius 2 is 2.23 bits per heavy atom. The molecule has 2 aromatic rings. The maximum absolute atomic E-state index is 12.5. The van der Waals surface area contributed by atoms with Gasteiger partial charge in [-0.25, -0.2) is 4.98 Å². The number of thiophene rings is 1. The summed E-state index contributed by atoms with van der Waals surface area (Å²) in [5.74, 6) is -0.133. The number of hydrogen-bond acceptors (Lipinski definition) is 5. The number of amides is 1. The van der Waals surface area contributed by atoms with Gasteiger partial charge in [0.25, 0.3) is 5.56 Å². The van der Waals surface area contributed by atoms with E-state index in [2.05, 4.69) is 10.3 Å². The zero-order valence-corrected chi connectivity index (χ0v) is 13.9. The van der Waals surface area contributed by atoms with Gasteiger partial charge in [-0.05, 0) is 32.8 Å². The Hall–Kier alpha value is -1.73. The van der Waals surface area contributed by atoms with E-state index in [1.54, 1.807) is 0 Å². The van der Waals surface area contributed by atoms with Crippen molar-refractivity contribution in [1.29, 1.82) is 0 Å². The van der Waals surface area contributed by atoms with Crippen LogP contribution in [-0.4, -0.2) is 33.2 Å². The molecule has 0 aliphatic heterocycles. The van der Waals surface area contributed by atoms with E-state index in [1.165, 1.54) is 22.2 Å². The van der Waals surface area contributed by atoms with Gasteiger partial charge in [0.1, 0.15) is 4.83 Å². The van der Waals surface area contributed by atoms with E-state index in [-0.39, 0.29) is 30.5 Å². The number of rotatable bonds is 6. The molecule has 0 aliphatic rings. The molecule has 2 N–H and O–H groups in total. The summed E-state index contributed by atoms with van der Waals surface area (Å²) in [6.45, 7) is 6.07. The summed E-state index contributed by atoms with van der Waals surface area (Å²) in [4.78, 5) is 30.4. The van der Waals surface area contributed by atoms with Gasteiger partial charge in [0.05, 0.1) is 11.7 Å². The van der Waals surface area contributed by atoms with Crippen molar-refractivity contribution in [3.05, 3.63) is 27.1 Å². The van der Waals surface area contributed by atoms with Crippen LogP contribution in [0, 0.1) is 13.8 Å². The van der Waals surface area contributed by atoms with Crippen molar-refractivity contribution < 1.29 is 9.90 Å². The molecule has 1 amide bonds. The number of aromatic nitrogens is 2. The summed E-state index contributed by atoms with van der Waals surface area (Å²) in [6, 6.07) is -0.0726. The Morgan fingerprint density at radius 1 is 1.50 bits per heavy atom. The van der Waals surface area contributed by atoms with Crippen molar-refractivity contribution >= 4 is 27.5 Å². The number of aliphatic hydroxyl groups excluding tert-OH is 1. The topological polar surface area (TPSA) is 84.2 Å². The third kappa shape index (κ3) is 3.53. The minimum Gasteiger partial charge on any atom is -0.396 e.